The molecule has 11 nitrogen and oxygen atoms in total. The van der Waals surface area contributed by atoms with Gasteiger partial charge >= 0.3 is 13.8 Å². The van der Waals surface area contributed by atoms with E-state index in [9.17, 15) is 22.5 Å². The van der Waals surface area contributed by atoms with Gasteiger partial charge in [0.25, 0.3) is 5.91 Å². The predicted octanol–water partition coefficient (Wildman–Crippen LogP) is 5.74. The Bertz CT molecular complexity index is 1440. The Hall–Kier alpha value is -3.74. The number of rotatable bonds is 11. The molecule has 0 atom stereocenters. The van der Waals surface area contributed by atoms with Crippen LogP contribution in [0, 0.1) is 0 Å². The van der Waals surface area contributed by atoms with E-state index in [0.29, 0.717) is 35.3 Å². The largest absolute Gasteiger partial charge is 0.495 e. The molecule has 1 aliphatic rings. The van der Waals surface area contributed by atoms with Crippen LogP contribution in [0.4, 0.5) is 36.4 Å². The highest BCUT2D eigenvalue weighted by Crippen LogP contribution is 2.51. The molecule has 0 aliphatic carbocycles. The molecule has 0 unspecified atom stereocenters. The number of hydrogen-bond acceptors (Lipinski definition) is 10. The summed E-state index contributed by atoms with van der Waals surface area (Å²) in [5.74, 6) is -0.872. The minimum absolute atomic E-state index is 0.00151. The highest BCUT2D eigenvalue weighted by Gasteiger charge is 2.37. The Labute approximate surface area is 228 Å². The molecule has 40 heavy (non-hydrogen) atoms. The van der Waals surface area contributed by atoms with Gasteiger partial charge in [-0.2, -0.15) is 18.2 Å². The van der Waals surface area contributed by atoms with Crippen molar-refractivity contribution in [3.05, 3.63) is 58.9 Å². The molecule has 0 radical (unpaired) electrons. The van der Waals surface area contributed by atoms with Crippen molar-refractivity contribution >= 4 is 36.8 Å². The highest BCUT2D eigenvalue weighted by atomic mass is 31.2. The Morgan fingerprint density at radius 1 is 1.07 bits per heavy atom. The summed E-state index contributed by atoms with van der Waals surface area (Å²) in [7, 11) is -0.381. The standard InChI is InChI=1S/C25H28F3N6O5P/c1-5-38-40(36,39-6-2)14-15-7-8-18(19(11-15)37-4)31-24-30-12-17(25(26,27)28)21(33-24)32-22-20-16(9-10-29-22)13-34(3)23(20)35/h7-12H,5-6,13-14H2,1-4H3,(H2,29,30,31,32,33). The molecule has 0 fully saturated rings. The lowest BCUT2D eigenvalue weighted by molar-refractivity contribution is -0.137. The van der Waals surface area contributed by atoms with Crippen LogP contribution in [0.15, 0.2) is 36.7 Å². The number of fused-ring (bicyclic) bond motifs is 1. The molecule has 3 aromatic rings. The van der Waals surface area contributed by atoms with Crippen molar-refractivity contribution in [1.82, 2.24) is 19.9 Å². The predicted molar refractivity (Wildman–Crippen MR) is 141 cm³/mol. The van der Waals surface area contributed by atoms with E-state index in [0.717, 1.165) is 0 Å². The number of halogens is 3. The second-order valence-electron chi connectivity index (χ2n) is 8.70. The molecule has 0 saturated carbocycles. The number of pyridine rings is 1. The van der Waals surface area contributed by atoms with E-state index in [1.165, 1.54) is 18.2 Å². The fraction of sp³-hybridized carbons (Fsp3) is 0.360. The van der Waals surface area contributed by atoms with Crippen molar-refractivity contribution in [2.75, 3.05) is 38.0 Å². The number of nitrogens with zero attached hydrogens (tertiary/aromatic N) is 4. The van der Waals surface area contributed by atoms with Crippen molar-refractivity contribution in [1.29, 1.82) is 0 Å². The molecule has 0 bridgehead atoms. The first kappa shape index (κ1) is 29.2. The molecule has 3 heterocycles. The topological polar surface area (TPSA) is 128 Å². The van der Waals surface area contributed by atoms with E-state index in [-0.39, 0.29) is 42.6 Å². The summed E-state index contributed by atoms with van der Waals surface area (Å²) in [5.41, 5.74) is 0.618. The molecule has 0 saturated heterocycles. The van der Waals surface area contributed by atoms with Gasteiger partial charge in [-0.25, -0.2) is 9.97 Å². The lowest BCUT2D eigenvalue weighted by Crippen LogP contribution is -2.19. The maximum Gasteiger partial charge on any atom is 0.421 e. The molecular weight excluding hydrogens is 552 g/mol. The zero-order valence-electron chi connectivity index (χ0n) is 22.2. The Morgan fingerprint density at radius 3 is 2.45 bits per heavy atom. The molecule has 214 valence electrons. The molecular formula is C25H28F3N6O5P. The molecule has 1 aliphatic heterocycles. The van der Waals surface area contributed by atoms with Crippen LogP contribution in [0.5, 0.6) is 5.75 Å². The first-order valence-corrected chi connectivity index (χ1v) is 14.0. The average molecular weight is 581 g/mol. The molecule has 0 spiro atoms. The van der Waals surface area contributed by atoms with Crippen LogP contribution < -0.4 is 15.4 Å². The number of methoxy groups -OCH3 is 1. The van der Waals surface area contributed by atoms with Gasteiger partial charge in [-0.1, -0.05) is 6.07 Å². The maximum atomic E-state index is 13.8. The number of aromatic nitrogens is 3. The normalized spacial score (nSPS) is 13.4. The summed E-state index contributed by atoms with van der Waals surface area (Å²) in [6.07, 6.45) is -2.74. The third-order valence-electron chi connectivity index (χ3n) is 5.88. The number of carbonyl (C=O) groups is 1. The molecule has 2 aromatic heterocycles. The first-order valence-electron chi connectivity index (χ1n) is 12.2. The lowest BCUT2D eigenvalue weighted by atomic mass is 10.1. The second kappa shape index (κ2) is 11.8. The number of benzene rings is 1. The van der Waals surface area contributed by atoms with Gasteiger partial charge in [0.1, 0.15) is 22.9 Å². The number of nitrogens with one attached hydrogen (secondary N) is 2. The van der Waals surface area contributed by atoms with Crippen molar-refractivity contribution in [2.24, 2.45) is 0 Å². The van der Waals surface area contributed by atoms with Gasteiger partial charge < -0.3 is 29.3 Å². The van der Waals surface area contributed by atoms with Crippen LogP contribution in [0.1, 0.15) is 40.9 Å². The van der Waals surface area contributed by atoms with E-state index in [2.05, 4.69) is 25.6 Å². The fourth-order valence-corrected chi connectivity index (χ4v) is 5.83. The zero-order valence-corrected chi connectivity index (χ0v) is 23.1. The number of ether oxygens (including phenoxy) is 1. The van der Waals surface area contributed by atoms with Gasteiger partial charge in [0.15, 0.2) is 0 Å². The zero-order chi connectivity index (χ0) is 29.1. The maximum absolute atomic E-state index is 13.8. The van der Waals surface area contributed by atoms with Gasteiger partial charge in [0, 0.05) is 26.0 Å². The molecule has 4 rings (SSSR count). The van der Waals surface area contributed by atoms with E-state index in [4.69, 9.17) is 13.8 Å². The second-order valence-corrected chi connectivity index (χ2v) is 10.8. The number of amides is 1. The number of carbonyl (C=O) groups excluding carboxylic acids is 1. The average Bonchev–Trinajstić information content (AvgIpc) is 3.18. The summed E-state index contributed by atoms with van der Waals surface area (Å²) in [6, 6.07) is 6.48. The van der Waals surface area contributed by atoms with Gasteiger partial charge in [0.05, 0.1) is 37.7 Å². The van der Waals surface area contributed by atoms with Gasteiger partial charge in [0.2, 0.25) is 5.95 Å². The molecule has 2 N–H and O–H groups in total. The van der Waals surface area contributed by atoms with Gasteiger partial charge in [-0.15, -0.1) is 0 Å². The minimum Gasteiger partial charge on any atom is -0.495 e. The molecule has 15 heteroatoms. The third kappa shape index (κ3) is 6.35. The van der Waals surface area contributed by atoms with Crippen LogP contribution in [0.25, 0.3) is 0 Å². The Balaban J connectivity index is 1.65. The molecule has 1 amide bonds. The van der Waals surface area contributed by atoms with Crippen molar-refractivity contribution in [3.8, 4) is 5.75 Å². The van der Waals surface area contributed by atoms with E-state index >= 15 is 0 Å². The first-order chi connectivity index (χ1) is 19.0. The van der Waals surface area contributed by atoms with Crippen molar-refractivity contribution in [2.45, 2.75) is 32.7 Å². The minimum atomic E-state index is -4.78. The number of alkyl halides is 3. The highest BCUT2D eigenvalue weighted by molar-refractivity contribution is 7.53. The van der Waals surface area contributed by atoms with Crippen LogP contribution in [-0.4, -0.2) is 53.1 Å². The summed E-state index contributed by atoms with van der Waals surface area (Å²) < 4.78 is 70.5. The van der Waals surface area contributed by atoms with Gasteiger partial charge in [-0.05, 0) is 43.2 Å². The van der Waals surface area contributed by atoms with Crippen LogP contribution in [0.2, 0.25) is 0 Å². The summed E-state index contributed by atoms with van der Waals surface area (Å²) in [6.45, 7) is 4.16. The number of anilines is 4. The SMILES string of the molecule is CCOP(=O)(Cc1ccc(Nc2ncc(C(F)(F)F)c(Nc3nccc4c3C(=O)N(C)C4)n2)c(OC)c1)OCC. The fourth-order valence-electron chi connectivity index (χ4n) is 4.15. The Morgan fingerprint density at radius 2 is 1.80 bits per heavy atom. The summed E-state index contributed by atoms with van der Waals surface area (Å²) >= 11 is 0. The van der Waals surface area contributed by atoms with Crippen LogP contribution in [0.3, 0.4) is 0 Å². The number of hydrogen-bond donors (Lipinski definition) is 2. The van der Waals surface area contributed by atoms with Gasteiger partial charge in [-0.3, -0.25) is 9.36 Å². The van der Waals surface area contributed by atoms with Crippen molar-refractivity contribution < 1.29 is 36.3 Å². The quantitative estimate of drug-likeness (QED) is 0.271. The smallest absolute Gasteiger partial charge is 0.421 e. The van der Waals surface area contributed by atoms with E-state index in [1.54, 1.807) is 45.2 Å². The Kier molecular flexibility index (Phi) is 8.62. The van der Waals surface area contributed by atoms with Crippen molar-refractivity contribution in [3.63, 3.8) is 0 Å². The summed E-state index contributed by atoms with van der Waals surface area (Å²) in [5, 5.41) is 5.44. The third-order valence-corrected chi connectivity index (χ3v) is 7.93. The lowest BCUT2D eigenvalue weighted by Gasteiger charge is -2.18. The monoisotopic (exact) mass is 580 g/mol. The van der Waals surface area contributed by atoms with E-state index in [1.807, 2.05) is 0 Å². The summed E-state index contributed by atoms with van der Waals surface area (Å²) in [4.78, 5) is 26.0. The van der Waals surface area contributed by atoms with Crippen LogP contribution >= 0.6 is 7.60 Å². The molecule has 1 aromatic carbocycles. The van der Waals surface area contributed by atoms with E-state index < -0.39 is 25.2 Å². The van der Waals surface area contributed by atoms with Crippen LogP contribution in [-0.2, 0) is 32.5 Å².